The SMILES string of the molecule is O=C(Nc1ccc(-c2cnc(-c3ccc(NC(=O)[C@@H]4CCCN4C(=O)[C@H](c4ccccc4)n4c(=O)[nH]c5ccccc54)cc3)o2)cc1)C1CCCN1C(=O)C(c1ccccc1)n1c(=O)[nH]c2ccccc21. The van der Waals surface area contributed by atoms with Crippen molar-refractivity contribution in [1.82, 2.24) is 33.9 Å². The molecule has 0 radical (unpaired) electrons. The highest BCUT2D eigenvalue weighted by Gasteiger charge is 2.41. The molecular formula is C55H47N9O7. The summed E-state index contributed by atoms with van der Waals surface area (Å²) in [7, 11) is 0. The van der Waals surface area contributed by atoms with Crippen LogP contribution in [0.1, 0.15) is 48.9 Å². The topological polar surface area (TPSA) is 200 Å². The summed E-state index contributed by atoms with van der Waals surface area (Å²) in [5, 5.41) is 5.97. The van der Waals surface area contributed by atoms with E-state index in [1.807, 2.05) is 97.1 Å². The van der Waals surface area contributed by atoms with E-state index in [1.165, 1.54) is 9.13 Å². The molecule has 2 fully saturated rings. The van der Waals surface area contributed by atoms with Crippen LogP contribution >= 0.6 is 0 Å². The normalized spacial score (nSPS) is 16.6. The quantitative estimate of drug-likeness (QED) is 0.0953. The highest BCUT2D eigenvalue weighted by molar-refractivity contribution is 6.00. The number of H-pyrrole nitrogens is 2. The fraction of sp³-hybridized carbons (Fsp3) is 0.182. The number of fused-ring (bicyclic) bond motifs is 2. The van der Waals surface area contributed by atoms with Gasteiger partial charge in [-0.15, -0.1) is 0 Å². The molecule has 4 N–H and O–H groups in total. The molecule has 2 aliphatic heterocycles. The van der Waals surface area contributed by atoms with Crippen LogP contribution in [-0.4, -0.2) is 82.7 Å². The van der Waals surface area contributed by atoms with Gasteiger partial charge in [0, 0.05) is 35.6 Å². The molecule has 0 bridgehead atoms. The van der Waals surface area contributed by atoms with Gasteiger partial charge >= 0.3 is 11.4 Å². The summed E-state index contributed by atoms with van der Waals surface area (Å²) < 4.78 is 9.11. The van der Waals surface area contributed by atoms with Gasteiger partial charge in [-0.25, -0.2) is 14.6 Å². The minimum atomic E-state index is -0.976. The van der Waals surface area contributed by atoms with Crippen LogP contribution in [0.5, 0.6) is 0 Å². The number of nitrogens with zero attached hydrogens (tertiary/aromatic N) is 5. The summed E-state index contributed by atoms with van der Waals surface area (Å²) in [6.45, 7) is 0.744. The Hall–Kier alpha value is -9.05. The van der Waals surface area contributed by atoms with Gasteiger partial charge in [-0.05, 0) is 110 Å². The van der Waals surface area contributed by atoms with E-state index < -0.39 is 35.5 Å². The molecule has 2 saturated heterocycles. The zero-order valence-corrected chi connectivity index (χ0v) is 38.2. The molecule has 3 aromatic heterocycles. The van der Waals surface area contributed by atoms with E-state index >= 15 is 0 Å². The summed E-state index contributed by atoms with van der Waals surface area (Å²) >= 11 is 0. The van der Waals surface area contributed by atoms with Crippen molar-refractivity contribution >= 4 is 57.1 Å². The summed E-state index contributed by atoms with van der Waals surface area (Å²) in [6.07, 6.45) is 3.82. The van der Waals surface area contributed by atoms with Crippen molar-refractivity contribution in [2.24, 2.45) is 0 Å². The highest BCUT2D eigenvalue weighted by atomic mass is 16.4. The molecule has 0 spiro atoms. The molecule has 6 aromatic carbocycles. The maximum atomic E-state index is 14.5. The lowest BCUT2D eigenvalue weighted by Crippen LogP contribution is -2.47. The number of para-hydroxylation sites is 4. The van der Waals surface area contributed by atoms with E-state index in [4.69, 9.17) is 4.42 Å². The standard InChI is InChI=1S/C55H47N9O7/c65-49(44-21-11-31-61(44)52(67)47(35-13-3-1-4-14-35)63-42-19-9-7-17-40(42)59-54(63)69)57-38-27-23-34(24-28-38)46-33-56-51(71-46)37-25-29-39(30-26-37)58-50(66)45-22-12-32-62(45)53(68)48(36-15-5-2-6-16-36)64-43-20-10-8-18-41(43)60-55(64)70/h1-10,13-20,23-30,33,44-45,47-48H,11-12,21-22,31-32H2,(H,57,65)(H,58,66)(H,59,69)(H,60,70)/t44?,45-,47?,48-/m0/s1. The third-order valence-corrected chi connectivity index (χ3v) is 13.5. The molecule has 4 atom stereocenters. The number of oxazole rings is 1. The molecule has 16 heteroatoms. The van der Waals surface area contributed by atoms with E-state index in [9.17, 15) is 28.8 Å². The average molecular weight is 946 g/mol. The van der Waals surface area contributed by atoms with E-state index in [-0.39, 0.29) is 23.6 Å². The number of likely N-dealkylation sites (tertiary alicyclic amines) is 2. The van der Waals surface area contributed by atoms with Gasteiger partial charge in [0.05, 0.1) is 28.3 Å². The van der Waals surface area contributed by atoms with Crippen LogP contribution in [0.15, 0.2) is 178 Å². The first kappa shape index (κ1) is 44.5. The van der Waals surface area contributed by atoms with Crippen LogP contribution in [0.4, 0.5) is 11.4 Å². The number of hydrogen-bond acceptors (Lipinski definition) is 8. The van der Waals surface area contributed by atoms with Crippen molar-refractivity contribution < 1.29 is 23.6 Å². The third-order valence-electron chi connectivity index (χ3n) is 13.5. The molecule has 4 amide bonds. The molecule has 0 aliphatic carbocycles. The molecule has 0 saturated carbocycles. The lowest BCUT2D eigenvalue weighted by atomic mass is 10.0. The van der Waals surface area contributed by atoms with Gasteiger partial charge in [-0.2, -0.15) is 0 Å². The van der Waals surface area contributed by atoms with Crippen LogP contribution in [0, 0.1) is 0 Å². The molecule has 2 aliphatic rings. The Kier molecular flexibility index (Phi) is 11.8. The summed E-state index contributed by atoms with van der Waals surface area (Å²) in [4.78, 5) is 96.8. The van der Waals surface area contributed by atoms with Gasteiger partial charge in [-0.3, -0.25) is 28.3 Å². The molecule has 2 unspecified atom stereocenters. The van der Waals surface area contributed by atoms with Gasteiger partial charge in [0.2, 0.25) is 17.7 Å². The molecular weight excluding hydrogens is 899 g/mol. The Morgan fingerprint density at radius 2 is 0.958 bits per heavy atom. The molecule has 16 nitrogen and oxygen atoms in total. The average Bonchev–Trinajstić information content (AvgIpc) is 4.27. The van der Waals surface area contributed by atoms with Crippen molar-refractivity contribution in [2.45, 2.75) is 49.9 Å². The maximum Gasteiger partial charge on any atom is 0.327 e. The fourth-order valence-corrected chi connectivity index (χ4v) is 10.1. The number of benzene rings is 6. The number of rotatable bonds is 12. The first-order valence-corrected chi connectivity index (χ1v) is 23.6. The third kappa shape index (κ3) is 8.49. The lowest BCUT2D eigenvalue weighted by Gasteiger charge is -2.29. The zero-order chi connectivity index (χ0) is 48.6. The minimum Gasteiger partial charge on any atom is -0.436 e. The number of hydrogen-bond donors (Lipinski definition) is 4. The monoisotopic (exact) mass is 945 g/mol. The summed E-state index contributed by atoms with van der Waals surface area (Å²) in [6, 6.07) is 43.5. The number of aromatic nitrogens is 5. The van der Waals surface area contributed by atoms with E-state index in [1.54, 1.807) is 76.7 Å². The van der Waals surface area contributed by atoms with Gasteiger partial charge in [0.15, 0.2) is 5.76 Å². The predicted molar refractivity (Wildman–Crippen MR) is 268 cm³/mol. The van der Waals surface area contributed by atoms with Crippen molar-refractivity contribution in [3.63, 3.8) is 0 Å². The second-order valence-electron chi connectivity index (χ2n) is 17.8. The van der Waals surface area contributed by atoms with Crippen LogP contribution in [-0.2, 0) is 19.2 Å². The smallest absolute Gasteiger partial charge is 0.327 e. The maximum absolute atomic E-state index is 14.5. The minimum absolute atomic E-state index is 0.325. The van der Waals surface area contributed by atoms with Crippen LogP contribution < -0.4 is 22.0 Å². The van der Waals surface area contributed by atoms with Gasteiger partial charge < -0.3 is 34.8 Å². The molecule has 71 heavy (non-hydrogen) atoms. The first-order chi connectivity index (χ1) is 34.7. The van der Waals surface area contributed by atoms with E-state index in [2.05, 4.69) is 25.6 Å². The number of imidazole rings is 2. The number of carbonyl (C=O) groups is 4. The Morgan fingerprint density at radius 3 is 1.42 bits per heavy atom. The second-order valence-corrected chi connectivity index (χ2v) is 17.8. The summed E-state index contributed by atoms with van der Waals surface area (Å²) in [5.41, 5.74) is 5.34. The lowest BCUT2D eigenvalue weighted by molar-refractivity contribution is -0.138. The van der Waals surface area contributed by atoms with Gasteiger partial charge in [0.25, 0.3) is 11.8 Å². The first-order valence-electron chi connectivity index (χ1n) is 23.6. The van der Waals surface area contributed by atoms with Crippen molar-refractivity contribution in [2.75, 3.05) is 23.7 Å². The number of carbonyl (C=O) groups excluding carboxylic acids is 4. The highest BCUT2D eigenvalue weighted by Crippen LogP contribution is 2.33. The van der Waals surface area contributed by atoms with E-state index in [0.717, 1.165) is 5.56 Å². The zero-order valence-electron chi connectivity index (χ0n) is 38.2. The Labute approximate surface area is 405 Å². The molecule has 354 valence electrons. The van der Waals surface area contributed by atoms with Crippen LogP contribution in [0.2, 0.25) is 0 Å². The van der Waals surface area contributed by atoms with Gasteiger partial charge in [0.1, 0.15) is 24.2 Å². The molecule has 5 heterocycles. The number of nitrogens with one attached hydrogen (secondary N) is 4. The largest absolute Gasteiger partial charge is 0.436 e. The van der Waals surface area contributed by atoms with Gasteiger partial charge in [-0.1, -0.05) is 84.9 Å². The molecule has 11 rings (SSSR count). The second kappa shape index (κ2) is 18.8. The fourth-order valence-electron chi connectivity index (χ4n) is 10.1. The Balaban J connectivity index is 0.739. The van der Waals surface area contributed by atoms with Crippen molar-refractivity contribution in [1.29, 1.82) is 0 Å². The Bertz CT molecular complexity index is 3330. The van der Waals surface area contributed by atoms with Crippen LogP contribution in [0.3, 0.4) is 0 Å². The number of amides is 4. The van der Waals surface area contributed by atoms with E-state index in [0.29, 0.717) is 101 Å². The molecule has 9 aromatic rings. The number of anilines is 2. The van der Waals surface area contributed by atoms with Crippen LogP contribution in [0.25, 0.3) is 44.8 Å². The number of aromatic amines is 2. The van der Waals surface area contributed by atoms with Crippen molar-refractivity contribution in [3.8, 4) is 22.8 Å². The Morgan fingerprint density at radius 1 is 0.535 bits per heavy atom. The summed E-state index contributed by atoms with van der Waals surface area (Å²) in [5.74, 6) is -0.473. The predicted octanol–water partition coefficient (Wildman–Crippen LogP) is 7.73. The van der Waals surface area contributed by atoms with Crippen molar-refractivity contribution in [3.05, 3.63) is 196 Å².